The van der Waals surface area contributed by atoms with Crippen LogP contribution in [0.1, 0.15) is 5.56 Å². The second kappa shape index (κ2) is 6.02. The summed E-state index contributed by atoms with van der Waals surface area (Å²) in [5.74, 6) is -0.716. The highest BCUT2D eigenvalue weighted by atomic mass is 32.2. The molecule has 9 heteroatoms. The number of benzene rings is 1. The molecule has 0 atom stereocenters. The van der Waals surface area contributed by atoms with Crippen LogP contribution in [0.15, 0.2) is 24.3 Å². The summed E-state index contributed by atoms with van der Waals surface area (Å²) >= 11 is 6.06. The maximum Gasteiger partial charge on any atom is 0.416 e. The number of hydrogen-bond acceptors (Lipinski definition) is 4. The standard InChI is InChI=1S/C12H9F3N2O2S2/c13-12(14,15)7-2-1-3-8(4-7)16-9(18)5-17-10(19)6-21-11(17)20/h1-4H,5-6H2,(H,16,18). The number of halogens is 3. The van der Waals surface area contributed by atoms with Crippen molar-refractivity contribution in [1.82, 2.24) is 4.90 Å². The molecule has 1 aromatic carbocycles. The average molecular weight is 334 g/mol. The first-order valence-corrected chi connectivity index (χ1v) is 7.11. The van der Waals surface area contributed by atoms with Gasteiger partial charge in [-0.1, -0.05) is 30.0 Å². The fraction of sp³-hybridized carbons (Fsp3) is 0.250. The van der Waals surface area contributed by atoms with E-state index >= 15 is 0 Å². The minimum atomic E-state index is -4.48. The molecule has 1 aliphatic rings. The van der Waals surface area contributed by atoms with Crippen molar-refractivity contribution in [3.8, 4) is 0 Å². The number of nitrogens with one attached hydrogen (secondary N) is 1. The number of alkyl halides is 3. The molecule has 0 radical (unpaired) electrons. The summed E-state index contributed by atoms with van der Waals surface area (Å²) in [7, 11) is 0. The molecule has 2 rings (SSSR count). The lowest BCUT2D eigenvalue weighted by atomic mass is 10.2. The smallest absolute Gasteiger partial charge is 0.325 e. The molecule has 21 heavy (non-hydrogen) atoms. The van der Waals surface area contributed by atoms with Gasteiger partial charge in [0.25, 0.3) is 0 Å². The summed E-state index contributed by atoms with van der Waals surface area (Å²) in [6.45, 7) is -0.305. The van der Waals surface area contributed by atoms with Crippen LogP contribution in [-0.2, 0) is 15.8 Å². The van der Waals surface area contributed by atoms with E-state index in [2.05, 4.69) is 5.32 Å². The summed E-state index contributed by atoms with van der Waals surface area (Å²) in [6.07, 6.45) is -4.48. The van der Waals surface area contributed by atoms with Gasteiger partial charge in [-0.05, 0) is 18.2 Å². The predicted octanol–water partition coefficient (Wildman–Crippen LogP) is 2.50. The second-order valence-corrected chi connectivity index (χ2v) is 5.77. The summed E-state index contributed by atoms with van der Waals surface area (Å²) in [6, 6.07) is 4.27. The van der Waals surface area contributed by atoms with Crippen LogP contribution in [0.3, 0.4) is 0 Å². The number of nitrogens with zero attached hydrogens (tertiary/aromatic N) is 1. The van der Waals surface area contributed by atoms with Gasteiger partial charge in [-0.15, -0.1) is 0 Å². The Hall–Kier alpha value is -1.61. The van der Waals surface area contributed by atoms with E-state index in [0.717, 1.165) is 28.8 Å². The first-order valence-electron chi connectivity index (χ1n) is 5.71. The summed E-state index contributed by atoms with van der Waals surface area (Å²) in [5.41, 5.74) is -0.844. The first-order chi connectivity index (χ1) is 9.77. The van der Waals surface area contributed by atoms with Crippen molar-refractivity contribution in [2.24, 2.45) is 0 Å². The summed E-state index contributed by atoms with van der Waals surface area (Å²) in [4.78, 5) is 24.3. The zero-order chi connectivity index (χ0) is 15.6. The Morgan fingerprint density at radius 1 is 1.43 bits per heavy atom. The Morgan fingerprint density at radius 2 is 2.14 bits per heavy atom. The van der Waals surface area contributed by atoms with E-state index in [-0.39, 0.29) is 23.9 Å². The molecule has 0 aromatic heterocycles. The van der Waals surface area contributed by atoms with Crippen LogP contribution >= 0.6 is 24.0 Å². The normalized spacial score (nSPS) is 15.5. The molecule has 4 nitrogen and oxygen atoms in total. The van der Waals surface area contributed by atoms with E-state index in [1.165, 1.54) is 12.1 Å². The number of thiocarbonyl (C=S) groups is 1. The van der Waals surface area contributed by atoms with Crippen LogP contribution < -0.4 is 5.32 Å². The molecule has 1 aromatic rings. The van der Waals surface area contributed by atoms with Crippen LogP contribution in [0.5, 0.6) is 0 Å². The van der Waals surface area contributed by atoms with Gasteiger partial charge in [0.2, 0.25) is 11.8 Å². The highest BCUT2D eigenvalue weighted by molar-refractivity contribution is 8.23. The predicted molar refractivity (Wildman–Crippen MR) is 76.8 cm³/mol. The lowest BCUT2D eigenvalue weighted by Crippen LogP contribution is -2.36. The fourth-order valence-corrected chi connectivity index (χ4v) is 2.72. The van der Waals surface area contributed by atoms with Crippen LogP contribution in [0.25, 0.3) is 0 Å². The topological polar surface area (TPSA) is 49.4 Å². The van der Waals surface area contributed by atoms with E-state index in [1.54, 1.807) is 0 Å². The maximum atomic E-state index is 12.5. The molecule has 0 spiro atoms. The van der Waals surface area contributed by atoms with Gasteiger partial charge < -0.3 is 5.32 Å². The monoisotopic (exact) mass is 334 g/mol. The fourth-order valence-electron chi connectivity index (χ4n) is 1.65. The van der Waals surface area contributed by atoms with E-state index in [1.807, 2.05) is 0 Å². The first kappa shape index (κ1) is 15.8. The molecule has 1 aliphatic heterocycles. The molecule has 1 heterocycles. The number of hydrogen-bond donors (Lipinski definition) is 1. The molecule has 1 N–H and O–H groups in total. The number of carbonyl (C=O) groups excluding carboxylic acids is 2. The zero-order valence-electron chi connectivity index (χ0n) is 10.4. The highest BCUT2D eigenvalue weighted by Gasteiger charge is 2.31. The van der Waals surface area contributed by atoms with Crippen LogP contribution in [0, 0.1) is 0 Å². The van der Waals surface area contributed by atoms with Gasteiger partial charge in [0.15, 0.2) is 0 Å². The minimum Gasteiger partial charge on any atom is -0.325 e. The Morgan fingerprint density at radius 3 is 2.71 bits per heavy atom. The van der Waals surface area contributed by atoms with E-state index < -0.39 is 17.6 Å². The maximum absolute atomic E-state index is 12.5. The number of anilines is 1. The molecular weight excluding hydrogens is 325 g/mol. The number of rotatable bonds is 3. The molecule has 0 saturated carbocycles. The minimum absolute atomic E-state index is 0.0139. The van der Waals surface area contributed by atoms with Gasteiger partial charge in [0.05, 0.1) is 11.3 Å². The quantitative estimate of drug-likeness (QED) is 0.863. The van der Waals surface area contributed by atoms with Gasteiger partial charge in [-0.25, -0.2) is 0 Å². The van der Waals surface area contributed by atoms with Crippen molar-refractivity contribution in [3.05, 3.63) is 29.8 Å². The van der Waals surface area contributed by atoms with E-state index in [4.69, 9.17) is 12.2 Å². The van der Waals surface area contributed by atoms with Gasteiger partial charge in [0.1, 0.15) is 10.9 Å². The largest absolute Gasteiger partial charge is 0.416 e. The molecular formula is C12H9F3N2O2S2. The van der Waals surface area contributed by atoms with Crippen molar-refractivity contribution in [1.29, 1.82) is 0 Å². The Bertz CT molecular complexity index is 588. The van der Waals surface area contributed by atoms with Gasteiger partial charge in [0, 0.05) is 5.69 Å². The molecule has 2 amide bonds. The number of amides is 2. The summed E-state index contributed by atoms with van der Waals surface area (Å²) in [5, 5.41) is 2.32. The lowest BCUT2D eigenvalue weighted by Gasteiger charge is -2.15. The molecule has 0 unspecified atom stereocenters. The van der Waals surface area contributed by atoms with Crippen LogP contribution in [0.2, 0.25) is 0 Å². The molecule has 1 fully saturated rings. The Kier molecular flexibility index (Phi) is 4.52. The zero-order valence-corrected chi connectivity index (χ0v) is 12.1. The van der Waals surface area contributed by atoms with Gasteiger partial charge in [-0.2, -0.15) is 13.2 Å². The SMILES string of the molecule is O=C(CN1C(=O)CSC1=S)Nc1cccc(C(F)(F)F)c1. The molecule has 112 valence electrons. The van der Waals surface area contributed by atoms with Crippen molar-refractivity contribution in [2.45, 2.75) is 6.18 Å². The lowest BCUT2D eigenvalue weighted by molar-refractivity contribution is -0.137. The van der Waals surface area contributed by atoms with Crippen molar-refractivity contribution in [2.75, 3.05) is 17.6 Å². The van der Waals surface area contributed by atoms with E-state index in [0.29, 0.717) is 4.32 Å². The molecule has 1 saturated heterocycles. The molecule has 0 bridgehead atoms. The third kappa shape index (κ3) is 3.94. The summed E-state index contributed by atoms with van der Waals surface area (Å²) < 4.78 is 37.9. The van der Waals surface area contributed by atoms with E-state index in [9.17, 15) is 22.8 Å². The van der Waals surface area contributed by atoms with Crippen molar-refractivity contribution in [3.63, 3.8) is 0 Å². The average Bonchev–Trinajstić information content (AvgIpc) is 2.70. The van der Waals surface area contributed by atoms with Crippen LogP contribution in [0.4, 0.5) is 18.9 Å². The van der Waals surface area contributed by atoms with Crippen LogP contribution in [-0.4, -0.2) is 33.3 Å². The highest BCUT2D eigenvalue weighted by Crippen LogP contribution is 2.30. The Labute approximate surface area is 127 Å². The second-order valence-electron chi connectivity index (χ2n) is 4.16. The number of thioether (sulfide) groups is 1. The third-order valence-electron chi connectivity index (χ3n) is 2.62. The van der Waals surface area contributed by atoms with Gasteiger partial charge >= 0.3 is 6.18 Å². The van der Waals surface area contributed by atoms with Gasteiger partial charge in [-0.3, -0.25) is 14.5 Å². The third-order valence-corrected chi connectivity index (χ3v) is 4.05. The van der Waals surface area contributed by atoms with Crippen molar-refractivity contribution >= 4 is 45.8 Å². The molecule has 0 aliphatic carbocycles. The van der Waals surface area contributed by atoms with Crippen molar-refractivity contribution < 1.29 is 22.8 Å². The number of carbonyl (C=O) groups is 2. The Balaban J connectivity index is 2.03.